The number of hydrogen-bond acceptors (Lipinski definition) is 3. The summed E-state index contributed by atoms with van der Waals surface area (Å²) in [7, 11) is 1.64. The Labute approximate surface area is 104 Å². The van der Waals surface area contributed by atoms with Gasteiger partial charge < -0.3 is 15.1 Å². The number of halogens is 1. The Morgan fingerprint density at radius 1 is 1.44 bits per heavy atom. The van der Waals surface area contributed by atoms with Crippen molar-refractivity contribution in [3.63, 3.8) is 0 Å². The number of amides is 1. The first-order valence-electron chi connectivity index (χ1n) is 5.39. The van der Waals surface area contributed by atoms with E-state index in [2.05, 4.69) is 0 Å². The lowest BCUT2D eigenvalue weighted by molar-refractivity contribution is 0.0784. The van der Waals surface area contributed by atoms with Gasteiger partial charge in [0.25, 0.3) is 5.91 Å². The molecule has 0 radical (unpaired) electrons. The second kappa shape index (κ2) is 4.91. The van der Waals surface area contributed by atoms with Gasteiger partial charge in [-0.2, -0.15) is 0 Å². The zero-order valence-electron chi connectivity index (χ0n) is 9.89. The molecule has 0 saturated carbocycles. The highest BCUT2D eigenvalue weighted by Gasteiger charge is 2.14. The Kier molecular flexibility index (Phi) is 3.32. The molecule has 0 saturated heterocycles. The van der Waals surface area contributed by atoms with E-state index >= 15 is 0 Å². The minimum absolute atomic E-state index is 0.232. The third-order valence-electron chi connectivity index (χ3n) is 2.51. The van der Waals surface area contributed by atoms with Gasteiger partial charge in [0.15, 0.2) is 0 Å². The second-order valence-electron chi connectivity index (χ2n) is 4.07. The third-order valence-corrected chi connectivity index (χ3v) is 2.51. The van der Waals surface area contributed by atoms with Crippen LogP contribution in [0.1, 0.15) is 15.9 Å². The maximum absolute atomic E-state index is 13.2. The van der Waals surface area contributed by atoms with Crippen LogP contribution in [0.15, 0.2) is 41.2 Å². The fourth-order valence-corrected chi connectivity index (χ4v) is 1.68. The normalized spacial score (nSPS) is 10.3. The summed E-state index contributed by atoms with van der Waals surface area (Å²) in [4.78, 5) is 13.5. The van der Waals surface area contributed by atoms with Crippen molar-refractivity contribution < 1.29 is 13.6 Å². The zero-order valence-corrected chi connectivity index (χ0v) is 9.89. The fraction of sp³-hybridized carbons (Fsp3) is 0.154. The number of nitrogen functional groups attached to an aromatic ring is 1. The predicted molar refractivity (Wildman–Crippen MR) is 65.3 cm³/mol. The number of nitrogens with zero attached hydrogens (tertiary/aromatic N) is 1. The van der Waals surface area contributed by atoms with E-state index in [1.807, 2.05) is 0 Å². The van der Waals surface area contributed by atoms with Gasteiger partial charge in [0.05, 0.1) is 12.5 Å². The molecule has 1 heterocycles. The van der Waals surface area contributed by atoms with Gasteiger partial charge in [-0.15, -0.1) is 0 Å². The van der Waals surface area contributed by atoms with Crippen molar-refractivity contribution in [1.29, 1.82) is 0 Å². The highest BCUT2D eigenvalue weighted by Crippen LogP contribution is 2.14. The summed E-state index contributed by atoms with van der Waals surface area (Å²) in [5, 5.41) is 0. The molecule has 2 aromatic rings. The molecule has 0 aliphatic carbocycles. The Balaban J connectivity index is 2.15. The molecule has 2 rings (SSSR count). The molecule has 0 fully saturated rings. The number of nitrogens with two attached hydrogens (primary N) is 1. The molecule has 1 aromatic carbocycles. The number of carbonyl (C=O) groups is 1. The first-order valence-corrected chi connectivity index (χ1v) is 5.39. The summed E-state index contributed by atoms with van der Waals surface area (Å²) in [6, 6.07) is 5.57. The number of benzene rings is 1. The molecule has 2 N–H and O–H groups in total. The van der Waals surface area contributed by atoms with Gasteiger partial charge in [-0.1, -0.05) is 0 Å². The monoisotopic (exact) mass is 248 g/mol. The predicted octanol–water partition coefficient (Wildman–Crippen LogP) is 2.27. The van der Waals surface area contributed by atoms with Crippen LogP contribution in [-0.4, -0.2) is 17.9 Å². The summed E-state index contributed by atoms with van der Waals surface area (Å²) >= 11 is 0. The van der Waals surface area contributed by atoms with Gasteiger partial charge in [-0.25, -0.2) is 4.39 Å². The summed E-state index contributed by atoms with van der Waals surface area (Å²) < 4.78 is 18.1. The Morgan fingerprint density at radius 3 is 2.83 bits per heavy atom. The molecule has 0 atom stereocenters. The second-order valence-corrected chi connectivity index (χ2v) is 4.07. The van der Waals surface area contributed by atoms with Crippen LogP contribution in [-0.2, 0) is 6.54 Å². The quantitative estimate of drug-likeness (QED) is 0.848. The van der Waals surface area contributed by atoms with Crippen molar-refractivity contribution in [2.45, 2.75) is 6.54 Å². The molecule has 4 nitrogen and oxygen atoms in total. The Bertz CT molecular complexity index is 532. The topological polar surface area (TPSA) is 59.5 Å². The van der Waals surface area contributed by atoms with E-state index in [0.29, 0.717) is 6.54 Å². The minimum atomic E-state index is -0.518. The van der Waals surface area contributed by atoms with E-state index in [4.69, 9.17) is 10.2 Å². The molecule has 5 heteroatoms. The molecular formula is C13H13FN2O2. The maximum atomic E-state index is 13.2. The van der Waals surface area contributed by atoms with E-state index < -0.39 is 5.82 Å². The summed E-state index contributed by atoms with van der Waals surface area (Å²) in [5.41, 5.74) is 6.84. The van der Waals surface area contributed by atoms with Gasteiger partial charge in [0, 0.05) is 30.4 Å². The molecule has 0 spiro atoms. The van der Waals surface area contributed by atoms with E-state index in [1.54, 1.807) is 19.4 Å². The first-order chi connectivity index (χ1) is 8.56. The van der Waals surface area contributed by atoms with Crippen molar-refractivity contribution in [3.8, 4) is 0 Å². The molecule has 1 amide bonds. The number of rotatable bonds is 3. The van der Waals surface area contributed by atoms with Crippen LogP contribution in [0.4, 0.5) is 10.1 Å². The van der Waals surface area contributed by atoms with Crippen LogP contribution in [0, 0.1) is 5.82 Å². The Morgan fingerprint density at radius 2 is 2.22 bits per heavy atom. The lowest BCUT2D eigenvalue weighted by atomic mass is 10.1. The standard InChI is InChI=1S/C13H13FN2O2/c1-16(7-9-2-3-18-8-9)13(17)10-4-11(14)6-12(15)5-10/h2-6,8H,7,15H2,1H3. The van der Waals surface area contributed by atoms with Crippen molar-refractivity contribution in [2.75, 3.05) is 12.8 Å². The van der Waals surface area contributed by atoms with Crippen LogP contribution in [0.2, 0.25) is 0 Å². The summed E-state index contributed by atoms with van der Waals surface area (Å²) in [5.74, 6) is -0.808. The van der Waals surface area contributed by atoms with E-state index in [1.165, 1.54) is 29.4 Å². The molecule has 0 unspecified atom stereocenters. The summed E-state index contributed by atoms with van der Waals surface area (Å²) in [6.07, 6.45) is 3.09. The van der Waals surface area contributed by atoms with Crippen LogP contribution in [0.3, 0.4) is 0 Å². The van der Waals surface area contributed by atoms with Crippen molar-refractivity contribution in [1.82, 2.24) is 4.90 Å². The number of anilines is 1. The minimum Gasteiger partial charge on any atom is -0.472 e. The SMILES string of the molecule is CN(Cc1ccoc1)C(=O)c1cc(N)cc(F)c1. The van der Waals surface area contributed by atoms with Crippen LogP contribution >= 0.6 is 0 Å². The molecule has 0 aliphatic rings. The van der Waals surface area contributed by atoms with Gasteiger partial charge in [-0.3, -0.25) is 4.79 Å². The third kappa shape index (κ3) is 2.68. The van der Waals surface area contributed by atoms with Gasteiger partial charge >= 0.3 is 0 Å². The molecule has 0 aliphatic heterocycles. The van der Waals surface area contributed by atoms with Gasteiger partial charge in [0.2, 0.25) is 0 Å². The lowest BCUT2D eigenvalue weighted by Gasteiger charge is -2.16. The van der Waals surface area contributed by atoms with Crippen LogP contribution < -0.4 is 5.73 Å². The van der Waals surface area contributed by atoms with E-state index in [9.17, 15) is 9.18 Å². The maximum Gasteiger partial charge on any atom is 0.254 e. The zero-order chi connectivity index (χ0) is 13.1. The Hall–Kier alpha value is -2.30. The van der Waals surface area contributed by atoms with Gasteiger partial charge in [0.1, 0.15) is 5.82 Å². The summed E-state index contributed by atoms with van der Waals surface area (Å²) in [6.45, 7) is 0.395. The number of furan rings is 1. The molecule has 18 heavy (non-hydrogen) atoms. The van der Waals surface area contributed by atoms with Crippen molar-refractivity contribution in [2.24, 2.45) is 0 Å². The van der Waals surface area contributed by atoms with Crippen molar-refractivity contribution >= 4 is 11.6 Å². The highest BCUT2D eigenvalue weighted by molar-refractivity contribution is 5.94. The average Bonchev–Trinajstić information content (AvgIpc) is 2.79. The largest absolute Gasteiger partial charge is 0.472 e. The molecule has 1 aromatic heterocycles. The molecular weight excluding hydrogens is 235 g/mol. The smallest absolute Gasteiger partial charge is 0.254 e. The van der Waals surface area contributed by atoms with E-state index in [0.717, 1.165) is 5.56 Å². The van der Waals surface area contributed by atoms with Crippen molar-refractivity contribution in [3.05, 3.63) is 53.7 Å². The molecule has 0 bridgehead atoms. The van der Waals surface area contributed by atoms with Crippen LogP contribution in [0.5, 0.6) is 0 Å². The number of hydrogen-bond donors (Lipinski definition) is 1. The van der Waals surface area contributed by atoms with Gasteiger partial charge in [-0.05, 0) is 24.3 Å². The first kappa shape index (κ1) is 12.2. The fourth-order valence-electron chi connectivity index (χ4n) is 1.68. The van der Waals surface area contributed by atoms with Crippen LogP contribution in [0.25, 0.3) is 0 Å². The average molecular weight is 248 g/mol. The van der Waals surface area contributed by atoms with E-state index in [-0.39, 0.29) is 17.2 Å². The number of carbonyl (C=O) groups excluding carboxylic acids is 1. The lowest BCUT2D eigenvalue weighted by Crippen LogP contribution is -2.26. The molecule has 94 valence electrons. The highest BCUT2D eigenvalue weighted by atomic mass is 19.1.